The minimum atomic E-state index is -1.59. The Labute approximate surface area is 208 Å². The van der Waals surface area contributed by atoms with Gasteiger partial charge in [-0.05, 0) is 23.8 Å². The van der Waals surface area contributed by atoms with E-state index in [1.807, 2.05) is 12.1 Å². The Bertz CT molecular complexity index is 1310. The van der Waals surface area contributed by atoms with Gasteiger partial charge >= 0.3 is 5.97 Å². The summed E-state index contributed by atoms with van der Waals surface area (Å²) in [7, 11) is 4.35. The number of ether oxygens (including phenoxy) is 3. The summed E-state index contributed by atoms with van der Waals surface area (Å²) in [6.45, 7) is 0. The topological polar surface area (TPSA) is 94.2 Å². The third kappa shape index (κ3) is 3.37. The highest BCUT2D eigenvalue weighted by Gasteiger charge is 2.70. The monoisotopic (exact) mass is 486 g/mol. The van der Waals surface area contributed by atoms with Crippen LogP contribution in [-0.4, -0.2) is 39.1 Å². The number of carbonyl (C=O) groups excluding carboxylic acids is 3. The van der Waals surface area contributed by atoms with E-state index >= 15 is 0 Å². The first kappa shape index (κ1) is 23.6. The molecule has 2 heterocycles. The summed E-state index contributed by atoms with van der Waals surface area (Å²) < 4.78 is 16.2. The number of nitrogens with zero attached hydrogens (tertiary/aromatic N) is 1. The maximum absolute atomic E-state index is 14.0. The van der Waals surface area contributed by atoms with Crippen molar-refractivity contribution in [2.75, 3.05) is 26.2 Å². The van der Waals surface area contributed by atoms with E-state index in [4.69, 9.17) is 14.2 Å². The molecule has 2 saturated heterocycles. The average Bonchev–Trinajstić information content (AvgIpc) is 3.42. The predicted octanol–water partition coefficient (Wildman–Crippen LogP) is 3.22. The molecular formula is C28H26N2O6. The van der Waals surface area contributed by atoms with Crippen LogP contribution in [0.4, 0.5) is 5.69 Å². The van der Waals surface area contributed by atoms with E-state index in [0.29, 0.717) is 28.3 Å². The number of methoxy groups -OCH3 is 3. The van der Waals surface area contributed by atoms with Crippen LogP contribution in [0.5, 0.6) is 11.5 Å². The van der Waals surface area contributed by atoms with Gasteiger partial charge in [0.05, 0.1) is 38.9 Å². The molecule has 2 fully saturated rings. The van der Waals surface area contributed by atoms with Crippen molar-refractivity contribution in [3.05, 3.63) is 90.0 Å². The van der Waals surface area contributed by atoms with Gasteiger partial charge in [-0.3, -0.25) is 14.9 Å². The van der Waals surface area contributed by atoms with E-state index in [1.54, 1.807) is 73.8 Å². The van der Waals surface area contributed by atoms with E-state index in [9.17, 15) is 14.4 Å². The van der Waals surface area contributed by atoms with Gasteiger partial charge in [0.1, 0.15) is 11.5 Å². The van der Waals surface area contributed by atoms with Gasteiger partial charge in [-0.2, -0.15) is 0 Å². The third-order valence-electron chi connectivity index (χ3n) is 7.09. The number of fused-ring (bicyclic) bond motifs is 1. The summed E-state index contributed by atoms with van der Waals surface area (Å²) in [4.78, 5) is 42.8. The zero-order valence-electron chi connectivity index (χ0n) is 20.1. The molecule has 0 spiro atoms. The quantitative estimate of drug-likeness (QED) is 0.422. The highest BCUT2D eigenvalue weighted by molar-refractivity contribution is 6.24. The molecule has 0 unspecified atom stereocenters. The van der Waals surface area contributed by atoms with Crippen molar-refractivity contribution < 1.29 is 28.6 Å². The molecule has 0 radical (unpaired) electrons. The largest absolute Gasteiger partial charge is 0.497 e. The van der Waals surface area contributed by atoms with Crippen molar-refractivity contribution in [3.63, 3.8) is 0 Å². The number of rotatable bonds is 6. The van der Waals surface area contributed by atoms with Gasteiger partial charge in [0.15, 0.2) is 5.54 Å². The number of amides is 2. The second-order valence-corrected chi connectivity index (χ2v) is 8.75. The number of hydrogen-bond donors (Lipinski definition) is 1. The standard InChI is InChI=1S/C28H26N2O6/c1-34-19-14-15-20(21(16-19)35-2)24-22-23(26(32)30(25(22)31)18-12-8-5-9-13-18)28(29-24,27(33)36-3)17-10-6-4-7-11-17/h4-16,22-24,29H,1-3H3/t22-,23-,24+,28-/m0/s1. The van der Waals surface area contributed by atoms with Gasteiger partial charge < -0.3 is 14.2 Å². The van der Waals surface area contributed by atoms with Crippen LogP contribution < -0.4 is 19.7 Å². The lowest BCUT2D eigenvalue weighted by Crippen LogP contribution is -2.53. The summed E-state index contributed by atoms with van der Waals surface area (Å²) in [5, 5.41) is 3.37. The summed E-state index contributed by atoms with van der Waals surface area (Å²) in [6, 6.07) is 22.2. The molecule has 36 heavy (non-hydrogen) atoms. The molecule has 3 aromatic rings. The van der Waals surface area contributed by atoms with Crippen molar-refractivity contribution >= 4 is 23.5 Å². The Morgan fingerprint density at radius 2 is 1.53 bits per heavy atom. The highest BCUT2D eigenvalue weighted by Crippen LogP contribution is 2.55. The Balaban J connectivity index is 1.75. The first-order valence-electron chi connectivity index (χ1n) is 11.5. The van der Waals surface area contributed by atoms with Gasteiger partial charge in [-0.15, -0.1) is 0 Å². The molecule has 0 aliphatic carbocycles. The van der Waals surface area contributed by atoms with Crippen LogP contribution in [0.3, 0.4) is 0 Å². The van der Waals surface area contributed by atoms with Crippen LogP contribution in [0, 0.1) is 11.8 Å². The molecule has 184 valence electrons. The van der Waals surface area contributed by atoms with Gasteiger partial charge in [0.25, 0.3) is 0 Å². The zero-order valence-corrected chi connectivity index (χ0v) is 20.1. The molecule has 1 N–H and O–H groups in total. The molecule has 2 amide bonds. The molecule has 5 rings (SSSR count). The van der Waals surface area contributed by atoms with Crippen molar-refractivity contribution in [2.45, 2.75) is 11.6 Å². The van der Waals surface area contributed by atoms with E-state index in [2.05, 4.69) is 5.32 Å². The fourth-order valence-electron chi connectivity index (χ4n) is 5.51. The van der Waals surface area contributed by atoms with Crippen molar-refractivity contribution in [2.24, 2.45) is 11.8 Å². The maximum Gasteiger partial charge on any atom is 0.331 e. The first-order chi connectivity index (χ1) is 17.5. The normalized spacial score (nSPS) is 25.0. The number of para-hydroxylation sites is 1. The molecule has 3 aromatic carbocycles. The lowest BCUT2D eigenvalue weighted by atomic mass is 9.75. The fraction of sp³-hybridized carbons (Fsp3) is 0.250. The SMILES string of the molecule is COC(=O)[C@@]1(c2ccccc2)N[C@H](c2ccc(OC)cc2OC)[C@H]2C(=O)N(c3ccccc3)C(=O)[C@H]21. The summed E-state index contributed by atoms with van der Waals surface area (Å²) in [5.74, 6) is -2.39. The smallest absolute Gasteiger partial charge is 0.331 e. The molecule has 0 saturated carbocycles. The van der Waals surface area contributed by atoms with E-state index in [-0.39, 0.29) is 0 Å². The predicted molar refractivity (Wildman–Crippen MR) is 131 cm³/mol. The molecule has 8 heteroatoms. The number of benzene rings is 3. The summed E-state index contributed by atoms with van der Waals surface area (Å²) in [6.07, 6.45) is 0. The number of anilines is 1. The lowest BCUT2D eigenvalue weighted by molar-refractivity contribution is -0.152. The van der Waals surface area contributed by atoms with Crippen molar-refractivity contribution in [1.29, 1.82) is 0 Å². The van der Waals surface area contributed by atoms with Crippen LogP contribution >= 0.6 is 0 Å². The molecule has 0 bridgehead atoms. The van der Waals surface area contributed by atoms with E-state index in [0.717, 1.165) is 0 Å². The maximum atomic E-state index is 14.0. The highest BCUT2D eigenvalue weighted by atomic mass is 16.5. The van der Waals surface area contributed by atoms with Gasteiger partial charge in [-0.25, -0.2) is 9.69 Å². The second-order valence-electron chi connectivity index (χ2n) is 8.75. The van der Waals surface area contributed by atoms with Crippen LogP contribution in [0.2, 0.25) is 0 Å². The number of esters is 1. The Kier molecular flexibility index (Phi) is 5.97. The molecule has 2 aliphatic heterocycles. The molecule has 8 nitrogen and oxygen atoms in total. The second kappa shape index (κ2) is 9.13. The molecule has 0 aromatic heterocycles. The summed E-state index contributed by atoms with van der Waals surface area (Å²) >= 11 is 0. The number of hydrogen-bond acceptors (Lipinski definition) is 7. The Morgan fingerprint density at radius 1 is 0.861 bits per heavy atom. The minimum Gasteiger partial charge on any atom is -0.497 e. The van der Waals surface area contributed by atoms with Gasteiger partial charge in [0, 0.05) is 17.7 Å². The van der Waals surface area contributed by atoms with Crippen LogP contribution in [0.25, 0.3) is 0 Å². The molecule has 2 aliphatic rings. The van der Waals surface area contributed by atoms with Gasteiger partial charge in [-0.1, -0.05) is 54.6 Å². The molecular weight excluding hydrogens is 460 g/mol. The van der Waals surface area contributed by atoms with Crippen LogP contribution in [0.15, 0.2) is 78.9 Å². The van der Waals surface area contributed by atoms with Gasteiger partial charge in [0.2, 0.25) is 11.8 Å². The van der Waals surface area contributed by atoms with Crippen molar-refractivity contribution in [1.82, 2.24) is 5.32 Å². The summed E-state index contributed by atoms with van der Waals surface area (Å²) in [5.41, 5.74) is 0.0326. The minimum absolute atomic E-state index is 0.395. The Hall–Kier alpha value is -4.17. The fourth-order valence-corrected chi connectivity index (χ4v) is 5.51. The number of imide groups is 1. The van der Waals surface area contributed by atoms with Crippen LogP contribution in [-0.2, 0) is 24.7 Å². The lowest BCUT2D eigenvalue weighted by Gasteiger charge is -2.33. The number of carbonyl (C=O) groups is 3. The molecule has 4 atom stereocenters. The van der Waals surface area contributed by atoms with Crippen molar-refractivity contribution in [3.8, 4) is 11.5 Å². The zero-order chi connectivity index (χ0) is 25.4. The third-order valence-corrected chi connectivity index (χ3v) is 7.09. The first-order valence-corrected chi connectivity index (χ1v) is 11.5. The Morgan fingerprint density at radius 3 is 2.14 bits per heavy atom. The average molecular weight is 487 g/mol. The van der Waals surface area contributed by atoms with E-state index < -0.39 is 41.2 Å². The number of nitrogens with one attached hydrogen (secondary N) is 1. The van der Waals surface area contributed by atoms with E-state index in [1.165, 1.54) is 19.1 Å². The van der Waals surface area contributed by atoms with Crippen LogP contribution in [0.1, 0.15) is 17.2 Å².